The highest BCUT2D eigenvalue weighted by molar-refractivity contribution is 5.35. The number of imidazole rings is 1. The minimum absolute atomic E-state index is 0.0479. The zero-order valence-corrected chi connectivity index (χ0v) is 11.9. The van der Waals surface area contributed by atoms with E-state index >= 15 is 0 Å². The van der Waals surface area contributed by atoms with Crippen molar-refractivity contribution in [2.75, 3.05) is 20.3 Å². The summed E-state index contributed by atoms with van der Waals surface area (Å²) in [6.45, 7) is 3.14. The molecule has 0 fully saturated rings. The molecule has 2 rings (SSSR count). The number of aliphatic hydroxyl groups excluding tert-OH is 1. The second-order valence-corrected chi connectivity index (χ2v) is 4.68. The van der Waals surface area contributed by atoms with E-state index in [9.17, 15) is 5.11 Å². The van der Waals surface area contributed by atoms with E-state index in [2.05, 4.69) is 27.0 Å². The molecule has 1 unspecified atom stereocenters. The Labute approximate surface area is 119 Å². The summed E-state index contributed by atoms with van der Waals surface area (Å²) in [5.41, 5.74) is 2.15. The number of hydrogen-bond donors (Lipinski definition) is 2. The van der Waals surface area contributed by atoms with Crippen molar-refractivity contribution in [3.63, 3.8) is 0 Å². The maximum Gasteiger partial charge on any atom is 0.110 e. The number of aromatic nitrogens is 2. The first kappa shape index (κ1) is 14.7. The third-order valence-electron chi connectivity index (χ3n) is 3.19. The third-order valence-corrected chi connectivity index (χ3v) is 3.19. The second-order valence-electron chi connectivity index (χ2n) is 4.68. The summed E-state index contributed by atoms with van der Waals surface area (Å²) in [4.78, 5) is 4.37. The molecule has 20 heavy (non-hydrogen) atoms. The first-order valence-corrected chi connectivity index (χ1v) is 6.68. The molecule has 0 saturated carbocycles. The number of ether oxygens (including phenoxy) is 1. The van der Waals surface area contributed by atoms with E-state index in [-0.39, 0.29) is 12.6 Å². The zero-order valence-electron chi connectivity index (χ0n) is 11.9. The van der Waals surface area contributed by atoms with Crippen LogP contribution in [0.25, 0.3) is 5.69 Å². The van der Waals surface area contributed by atoms with E-state index in [1.54, 1.807) is 7.11 Å². The predicted octanol–water partition coefficient (Wildman–Crippen LogP) is 1.28. The molecule has 1 atom stereocenters. The molecule has 0 radical (unpaired) electrons. The monoisotopic (exact) mass is 275 g/mol. The van der Waals surface area contributed by atoms with Gasteiger partial charge in [-0.3, -0.25) is 4.57 Å². The Morgan fingerprint density at radius 2 is 2.10 bits per heavy atom. The van der Waals surface area contributed by atoms with Crippen molar-refractivity contribution in [1.82, 2.24) is 14.9 Å². The second kappa shape index (κ2) is 7.19. The Balaban J connectivity index is 2.14. The van der Waals surface area contributed by atoms with Crippen molar-refractivity contribution >= 4 is 0 Å². The topological polar surface area (TPSA) is 59.3 Å². The Morgan fingerprint density at radius 3 is 2.75 bits per heavy atom. The summed E-state index contributed by atoms with van der Waals surface area (Å²) in [7, 11) is 1.63. The number of aryl methyl sites for hydroxylation is 1. The first-order valence-electron chi connectivity index (χ1n) is 6.68. The van der Waals surface area contributed by atoms with Crippen LogP contribution in [-0.2, 0) is 11.3 Å². The maximum absolute atomic E-state index is 9.26. The lowest BCUT2D eigenvalue weighted by atomic mass is 10.3. The Kier molecular flexibility index (Phi) is 5.29. The molecular weight excluding hydrogens is 254 g/mol. The minimum Gasteiger partial charge on any atom is -0.395 e. The number of aliphatic hydroxyl groups is 1. The summed E-state index contributed by atoms with van der Waals surface area (Å²) in [5, 5.41) is 12.5. The van der Waals surface area contributed by atoms with E-state index in [1.807, 2.05) is 31.3 Å². The van der Waals surface area contributed by atoms with Gasteiger partial charge in [-0.1, -0.05) is 18.2 Å². The van der Waals surface area contributed by atoms with Gasteiger partial charge in [0.05, 0.1) is 31.1 Å². The van der Waals surface area contributed by atoms with Gasteiger partial charge in [0.1, 0.15) is 5.82 Å². The average molecular weight is 275 g/mol. The van der Waals surface area contributed by atoms with Gasteiger partial charge in [0, 0.05) is 19.3 Å². The Hall–Kier alpha value is -1.69. The van der Waals surface area contributed by atoms with Crippen LogP contribution in [0.1, 0.15) is 11.5 Å². The summed E-state index contributed by atoms with van der Waals surface area (Å²) in [6, 6.07) is 10.0. The molecule has 108 valence electrons. The van der Waals surface area contributed by atoms with Crippen LogP contribution in [0.4, 0.5) is 0 Å². The zero-order chi connectivity index (χ0) is 14.4. The molecule has 2 aromatic rings. The van der Waals surface area contributed by atoms with Crippen molar-refractivity contribution in [2.45, 2.75) is 19.5 Å². The van der Waals surface area contributed by atoms with Gasteiger partial charge < -0.3 is 15.2 Å². The summed E-state index contributed by atoms with van der Waals surface area (Å²) in [5.74, 6) is 0.945. The standard InChI is InChI=1S/C15H21N3O2/c1-12-16-8-15(9-17-13(10-19)11-20-2)18(12)14-6-4-3-5-7-14/h3-8,13,17,19H,9-11H2,1-2H3. The van der Waals surface area contributed by atoms with Gasteiger partial charge in [0.2, 0.25) is 0 Å². The molecule has 5 nitrogen and oxygen atoms in total. The Morgan fingerprint density at radius 1 is 1.35 bits per heavy atom. The molecule has 1 heterocycles. The van der Waals surface area contributed by atoms with Gasteiger partial charge in [-0.25, -0.2) is 4.98 Å². The first-order chi connectivity index (χ1) is 9.76. The van der Waals surface area contributed by atoms with E-state index in [0.29, 0.717) is 13.2 Å². The van der Waals surface area contributed by atoms with Gasteiger partial charge in [0.15, 0.2) is 0 Å². The number of nitrogens with zero attached hydrogens (tertiary/aromatic N) is 2. The fourth-order valence-corrected chi connectivity index (χ4v) is 2.17. The molecule has 0 amide bonds. The van der Waals surface area contributed by atoms with Crippen LogP contribution >= 0.6 is 0 Å². The lowest BCUT2D eigenvalue weighted by Crippen LogP contribution is -2.36. The SMILES string of the molecule is COCC(CO)NCc1cnc(C)n1-c1ccccc1. The summed E-state index contributed by atoms with van der Waals surface area (Å²) >= 11 is 0. The average Bonchev–Trinajstić information content (AvgIpc) is 2.85. The summed E-state index contributed by atoms with van der Waals surface area (Å²) in [6.07, 6.45) is 1.86. The highest BCUT2D eigenvalue weighted by atomic mass is 16.5. The van der Waals surface area contributed by atoms with Crippen LogP contribution in [0.2, 0.25) is 0 Å². The smallest absolute Gasteiger partial charge is 0.110 e. The number of hydrogen-bond acceptors (Lipinski definition) is 4. The van der Waals surface area contributed by atoms with Crippen molar-refractivity contribution < 1.29 is 9.84 Å². The number of rotatable bonds is 7. The van der Waals surface area contributed by atoms with Crippen molar-refractivity contribution in [3.8, 4) is 5.69 Å². The fraction of sp³-hybridized carbons (Fsp3) is 0.400. The van der Waals surface area contributed by atoms with Gasteiger partial charge >= 0.3 is 0 Å². The predicted molar refractivity (Wildman–Crippen MR) is 77.9 cm³/mol. The fourth-order valence-electron chi connectivity index (χ4n) is 2.17. The van der Waals surface area contributed by atoms with Gasteiger partial charge in [-0.15, -0.1) is 0 Å². The van der Waals surface area contributed by atoms with Crippen LogP contribution < -0.4 is 5.32 Å². The Bertz CT molecular complexity index is 525. The van der Waals surface area contributed by atoms with Crippen LogP contribution in [0, 0.1) is 6.92 Å². The molecule has 0 aliphatic heterocycles. The minimum atomic E-state index is -0.0700. The number of nitrogens with one attached hydrogen (secondary N) is 1. The van der Waals surface area contributed by atoms with Crippen LogP contribution in [0.5, 0.6) is 0 Å². The molecular formula is C15H21N3O2. The van der Waals surface area contributed by atoms with Crippen LogP contribution in [-0.4, -0.2) is 41.0 Å². The highest BCUT2D eigenvalue weighted by Crippen LogP contribution is 2.14. The molecule has 1 aromatic carbocycles. The van der Waals surface area contributed by atoms with Crippen LogP contribution in [0.3, 0.4) is 0 Å². The molecule has 5 heteroatoms. The van der Waals surface area contributed by atoms with Gasteiger partial charge in [0.25, 0.3) is 0 Å². The number of benzene rings is 1. The normalized spacial score (nSPS) is 12.6. The largest absolute Gasteiger partial charge is 0.395 e. The van der Waals surface area contributed by atoms with Gasteiger partial charge in [-0.05, 0) is 19.1 Å². The number of para-hydroxylation sites is 1. The van der Waals surface area contributed by atoms with Gasteiger partial charge in [-0.2, -0.15) is 0 Å². The quantitative estimate of drug-likeness (QED) is 0.799. The van der Waals surface area contributed by atoms with Crippen molar-refractivity contribution in [1.29, 1.82) is 0 Å². The van der Waals surface area contributed by atoms with E-state index in [0.717, 1.165) is 17.2 Å². The molecule has 0 saturated heterocycles. The van der Waals surface area contributed by atoms with E-state index in [4.69, 9.17) is 4.74 Å². The number of methoxy groups -OCH3 is 1. The van der Waals surface area contributed by atoms with Crippen molar-refractivity contribution in [3.05, 3.63) is 48.0 Å². The van der Waals surface area contributed by atoms with Crippen LogP contribution in [0.15, 0.2) is 36.5 Å². The molecule has 0 aliphatic rings. The highest BCUT2D eigenvalue weighted by Gasteiger charge is 2.11. The summed E-state index contributed by atoms with van der Waals surface area (Å²) < 4.78 is 7.16. The lowest BCUT2D eigenvalue weighted by Gasteiger charge is -2.16. The van der Waals surface area contributed by atoms with E-state index < -0.39 is 0 Å². The van der Waals surface area contributed by atoms with Crippen molar-refractivity contribution in [2.24, 2.45) is 0 Å². The molecule has 2 N–H and O–H groups in total. The molecule has 0 spiro atoms. The van der Waals surface area contributed by atoms with E-state index in [1.165, 1.54) is 0 Å². The maximum atomic E-state index is 9.26. The molecule has 0 bridgehead atoms. The molecule has 0 aliphatic carbocycles. The third kappa shape index (κ3) is 3.45. The lowest BCUT2D eigenvalue weighted by molar-refractivity contribution is 0.128. The molecule has 1 aromatic heterocycles.